The number of nitrogens with zero attached hydrogens (tertiary/aromatic N) is 1. The molecule has 5 heteroatoms. The Labute approximate surface area is 124 Å². The van der Waals surface area contributed by atoms with Crippen LogP contribution in [0, 0.1) is 23.7 Å². The van der Waals surface area contributed by atoms with Crippen molar-refractivity contribution in [3.05, 3.63) is 29.3 Å². The van der Waals surface area contributed by atoms with Crippen molar-refractivity contribution in [2.24, 2.45) is 5.41 Å². The molecule has 0 aliphatic heterocycles. The standard InChI is InChI=1S/C16H21F3N2/c1-12-6-7-13(10-14(12)16(17,18)19)21-9-5-4-8-15(2,3)11-20/h6-7,10,21H,4-5,8-9H2,1-3H3. The highest BCUT2D eigenvalue weighted by Gasteiger charge is 2.32. The molecule has 0 fully saturated rings. The number of hydrogen-bond acceptors (Lipinski definition) is 2. The molecule has 0 unspecified atom stereocenters. The highest BCUT2D eigenvalue weighted by Crippen LogP contribution is 2.33. The van der Waals surface area contributed by atoms with Crippen LogP contribution in [-0.2, 0) is 6.18 Å². The Balaban J connectivity index is 2.49. The molecule has 1 aromatic rings. The van der Waals surface area contributed by atoms with E-state index in [4.69, 9.17) is 5.26 Å². The summed E-state index contributed by atoms with van der Waals surface area (Å²) in [6.45, 7) is 5.82. The van der Waals surface area contributed by atoms with Gasteiger partial charge in [-0.3, -0.25) is 0 Å². The van der Waals surface area contributed by atoms with Gasteiger partial charge in [0.15, 0.2) is 0 Å². The number of benzene rings is 1. The van der Waals surface area contributed by atoms with E-state index in [1.165, 1.54) is 13.0 Å². The zero-order chi connectivity index (χ0) is 16.1. The van der Waals surface area contributed by atoms with Crippen LogP contribution in [0.15, 0.2) is 18.2 Å². The summed E-state index contributed by atoms with van der Waals surface area (Å²) in [5.41, 5.74) is -0.234. The zero-order valence-electron chi connectivity index (χ0n) is 12.6. The van der Waals surface area contributed by atoms with Crippen LogP contribution in [0.1, 0.15) is 44.2 Å². The smallest absolute Gasteiger partial charge is 0.385 e. The van der Waals surface area contributed by atoms with Crippen LogP contribution in [0.2, 0.25) is 0 Å². The maximum atomic E-state index is 12.8. The van der Waals surface area contributed by atoms with Crippen molar-refractivity contribution in [1.29, 1.82) is 5.26 Å². The van der Waals surface area contributed by atoms with E-state index < -0.39 is 11.7 Å². The maximum Gasteiger partial charge on any atom is 0.416 e. The first kappa shape index (κ1) is 17.4. The quantitative estimate of drug-likeness (QED) is 0.738. The lowest BCUT2D eigenvalue weighted by Crippen LogP contribution is -2.10. The molecule has 0 saturated carbocycles. The van der Waals surface area contributed by atoms with Crippen LogP contribution in [0.4, 0.5) is 18.9 Å². The number of aryl methyl sites for hydroxylation is 1. The molecule has 0 radical (unpaired) electrons. The fourth-order valence-electron chi connectivity index (χ4n) is 2.02. The molecule has 0 aromatic heterocycles. The number of anilines is 1. The Bertz CT molecular complexity index is 513. The molecule has 0 aliphatic carbocycles. The molecule has 0 saturated heterocycles. The van der Waals surface area contributed by atoms with Gasteiger partial charge in [-0.15, -0.1) is 0 Å². The molecule has 2 nitrogen and oxygen atoms in total. The lowest BCUT2D eigenvalue weighted by atomic mass is 9.89. The summed E-state index contributed by atoms with van der Waals surface area (Å²) in [4.78, 5) is 0. The van der Waals surface area contributed by atoms with Gasteiger partial charge >= 0.3 is 6.18 Å². The topological polar surface area (TPSA) is 35.8 Å². The van der Waals surface area contributed by atoms with Gasteiger partial charge < -0.3 is 5.32 Å². The molecular formula is C16H21F3N2. The van der Waals surface area contributed by atoms with Crippen LogP contribution < -0.4 is 5.32 Å². The van der Waals surface area contributed by atoms with Gasteiger partial charge in [0.25, 0.3) is 0 Å². The first-order valence-corrected chi connectivity index (χ1v) is 6.99. The number of halogens is 3. The van der Waals surface area contributed by atoms with E-state index in [2.05, 4.69) is 11.4 Å². The fourth-order valence-corrected chi connectivity index (χ4v) is 2.02. The van der Waals surface area contributed by atoms with Crippen molar-refractivity contribution in [3.8, 4) is 6.07 Å². The summed E-state index contributed by atoms with van der Waals surface area (Å²) >= 11 is 0. The summed E-state index contributed by atoms with van der Waals surface area (Å²) in [7, 11) is 0. The van der Waals surface area contributed by atoms with E-state index in [-0.39, 0.29) is 11.0 Å². The van der Waals surface area contributed by atoms with Crippen molar-refractivity contribution in [2.45, 2.75) is 46.2 Å². The van der Waals surface area contributed by atoms with Gasteiger partial charge in [-0.2, -0.15) is 18.4 Å². The summed E-state index contributed by atoms with van der Waals surface area (Å²) in [5.74, 6) is 0. The second-order valence-corrected chi connectivity index (χ2v) is 5.91. The predicted molar refractivity (Wildman–Crippen MR) is 77.9 cm³/mol. The summed E-state index contributed by atoms with van der Waals surface area (Å²) in [6.07, 6.45) is -1.85. The second-order valence-electron chi connectivity index (χ2n) is 5.91. The van der Waals surface area contributed by atoms with Gasteiger partial charge in [-0.25, -0.2) is 0 Å². The summed E-state index contributed by atoms with van der Waals surface area (Å²) in [5, 5.41) is 11.9. The summed E-state index contributed by atoms with van der Waals surface area (Å²) < 4.78 is 38.4. The monoisotopic (exact) mass is 298 g/mol. The minimum absolute atomic E-state index is 0.226. The molecule has 1 N–H and O–H groups in total. The highest BCUT2D eigenvalue weighted by atomic mass is 19.4. The molecule has 0 bridgehead atoms. The molecule has 0 amide bonds. The summed E-state index contributed by atoms with van der Waals surface area (Å²) in [6, 6.07) is 6.51. The lowest BCUT2D eigenvalue weighted by Gasteiger charge is -2.15. The normalized spacial score (nSPS) is 12.0. The van der Waals surface area contributed by atoms with Crippen molar-refractivity contribution in [3.63, 3.8) is 0 Å². The molecular weight excluding hydrogens is 277 g/mol. The number of hydrogen-bond donors (Lipinski definition) is 1. The van der Waals surface area contributed by atoms with Crippen LogP contribution in [0.3, 0.4) is 0 Å². The fraction of sp³-hybridized carbons (Fsp3) is 0.562. The van der Waals surface area contributed by atoms with Crippen LogP contribution >= 0.6 is 0 Å². The van der Waals surface area contributed by atoms with Gasteiger partial charge in [-0.1, -0.05) is 12.5 Å². The Kier molecular flexibility index (Phi) is 5.65. The Hall–Kier alpha value is -1.70. The Morgan fingerprint density at radius 2 is 1.86 bits per heavy atom. The number of alkyl halides is 3. The van der Waals surface area contributed by atoms with Gasteiger partial charge in [-0.05, 0) is 51.3 Å². The molecule has 1 aromatic carbocycles. The van der Waals surface area contributed by atoms with E-state index in [0.29, 0.717) is 12.2 Å². The van der Waals surface area contributed by atoms with Crippen LogP contribution in [0.5, 0.6) is 0 Å². The Morgan fingerprint density at radius 1 is 1.19 bits per heavy atom. The van der Waals surface area contributed by atoms with Gasteiger partial charge in [0.05, 0.1) is 17.0 Å². The first-order valence-electron chi connectivity index (χ1n) is 6.99. The Morgan fingerprint density at radius 3 is 2.43 bits per heavy atom. The molecule has 0 spiro atoms. The third kappa shape index (κ3) is 5.66. The van der Waals surface area contributed by atoms with Gasteiger partial charge in [0, 0.05) is 12.2 Å². The third-order valence-corrected chi connectivity index (χ3v) is 3.40. The minimum atomic E-state index is -4.32. The van der Waals surface area contributed by atoms with Crippen molar-refractivity contribution >= 4 is 5.69 Å². The van der Waals surface area contributed by atoms with E-state index in [1.807, 2.05) is 13.8 Å². The number of nitriles is 1. The van der Waals surface area contributed by atoms with Crippen molar-refractivity contribution in [2.75, 3.05) is 11.9 Å². The molecule has 21 heavy (non-hydrogen) atoms. The second kappa shape index (κ2) is 6.84. The molecule has 0 aliphatic rings. The van der Waals surface area contributed by atoms with Crippen LogP contribution in [-0.4, -0.2) is 6.54 Å². The number of rotatable bonds is 6. The average molecular weight is 298 g/mol. The first-order chi connectivity index (χ1) is 9.65. The molecule has 0 heterocycles. The van der Waals surface area contributed by atoms with Gasteiger partial charge in [0.1, 0.15) is 0 Å². The van der Waals surface area contributed by atoms with E-state index in [1.54, 1.807) is 6.07 Å². The highest BCUT2D eigenvalue weighted by molar-refractivity contribution is 5.49. The van der Waals surface area contributed by atoms with Gasteiger partial charge in [0.2, 0.25) is 0 Å². The van der Waals surface area contributed by atoms with E-state index in [0.717, 1.165) is 25.3 Å². The van der Waals surface area contributed by atoms with Crippen molar-refractivity contribution < 1.29 is 13.2 Å². The van der Waals surface area contributed by atoms with Crippen molar-refractivity contribution in [1.82, 2.24) is 0 Å². The zero-order valence-corrected chi connectivity index (χ0v) is 12.6. The number of nitrogens with one attached hydrogen (secondary N) is 1. The largest absolute Gasteiger partial charge is 0.416 e. The third-order valence-electron chi connectivity index (χ3n) is 3.40. The van der Waals surface area contributed by atoms with Crippen LogP contribution in [0.25, 0.3) is 0 Å². The molecule has 1 rings (SSSR count). The SMILES string of the molecule is Cc1ccc(NCCCCC(C)(C)C#N)cc1C(F)(F)F. The van der Waals surface area contributed by atoms with E-state index >= 15 is 0 Å². The lowest BCUT2D eigenvalue weighted by molar-refractivity contribution is -0.138. The molecule has 0 atom stereocenters. The number of unbranched alkanes of at least 4 members (excludes halogenated alkanes) is 1. The molecule has 116 valence electrons. The average Bonchev–Trinajstić information content (AvgIpc) is 2.39. The van der Waals surface area contributed by atoms with E-state index in [9.17, 15) is 13.2 Å². The maximum absolute atomic E-state index is 12.8. The minimum Gasteiger partial charge on any atom is -0.385 e. The predicted octanol–water partition coefficient (Wildman–Crippen LogP) is 5.15.